The van der Waals surface area contributed by atoms with E-state index < -0.39 is 16.1 Å². The van der Waals surface area contributed by atoms with Crippen molar-refractivity contribution in [1.29, 1.82) is 0 Å². The lowest BCUT2D eigenvalue weighted by atomic mass is 10.1. The number of hydrogen-bond donors (Lipinski definition) is 2. The monoisotopic (exact) mass is 428 g/mol. The molecular formula is C19H20N6O4S. The number of aliphatic hydroxyl groups excluding tert-OH is 1. The van der Waals surface area contributed by atoms with Crippen molar-refractivity contribution in [3.05, 3.63) is 60.7 Å². The number of aliphatic hydroxyl groups is 1. The predicted octanol–water partition coefficient (Wildman–Crippen LogP) is 1.63. The van der Waals surface area contributed by atoms with Crippen LogP contribution in [0.4, 0.5) is 5.69 Å². The fourth-order valence-electron chi connectivity index (χ4n) is 3.11. The Labute approximate surface area is 172 Å². The van der Waals surface area contributed by atoms with Gasteiger partial charge in [-0.2, -0.15) is 10.2 Å². The van der Waals surface area contributed by atoms with Gasteiger partial charge in [0.25, 0.3) is 10.0 Å². The summed E-state index contributed by atoms with van der Waals surface area (Å²) in [6.45, 7) is 0.131. The molecule has 0 saturated heterocycles. The highest BCUT2D eigenvalue weighted by molar-refractivity contribution is 7.92. The van der Waals surface area contributed by atoms with E-state index in [1.54, 1.807) is 42.2 Å². The lowest BCUT2D eigenvalue weighted by Crippen LogP contribution is -2.13. The zero-order valence-electron chi connectivity index (χ0n) is 16.3. The minimum absolute atomic E-state index is 0.0219. The minimum atomic E-state index is -3.89. The van der Waals surface area contributed by atoms with Crippen molar-refractivity contribution >= 4 is 26.6 Å². The third-order valence-electron chi connectivity index (χ3n) is 4.59. The number of para-hydroxylation sites is 1. The topological polar surface area (TPSA) is 124 Å². The van der Waals surface area contributed by atoms with Gasteiger partial charge in [-0.25, -0.2) is 18.1 Å². The SMILES string of the molecule is COC[C@H](O)c1ccnc(-n2cc(S(=O)(=O)Nc3cccc4cnn(C)c34)cn2)c1. The molecule has 0 aliphatic carbocycles. The van der Waals surface area contributed by atoms with E-state index in [4.69, 9.17) is 4.74 Å². The van der Waals surface area contributed by atoms with Gasteiger partial charge in [-0.05, 0) is 23.8 Å². The van der Waals surface area contributed by atoms with E-state index in [-0.39, 0.29) is 11.5 Å². The molecule has 1 aromatic carbocycles. The van der Waals surface area contributed by atoms with Crippen LogP contribution in [0.25, 0.3) is 16.7 Å². The van der Waals surface area contributed by atoms with Gasteiger partial charge in [0.15, 0.2) is 5.82 Å². The Morgan fingerprint density at radius 2 is 2.07 bits per heavy atom. The maximum absolute atomic E-state index is 12.9. The summed E-state index contributed by atoms with van der Waals surface area (Å²) in [6.07, 6.45) is 4.96. The summed E-state index contributed by atoms with van der Waals surface area (Å²) in [5.74, 6) is 0.373. The molecule has 1 atom stereocenters. The van der Waals surface area contributed by atoms with Gasteiger partial charge in [0.05, 0.1) is 36.4 Å². The van der Waals surface area contributed by atoms with Gasteiger partial charge in [0, 0.05) is 25.7 Å². The highest BCUT2D eigenvalue weighted by Gasteiger charge is 2.20. The molecule has 4 aromatic rings. The van der Waals surface area contributed by atoms with Crippen molar-refractivity contribution in [2.45, 2.75) is 11.0 Å². The number of nitrogens with one attached hydrogen (secondary N) is 1. The Morgan fingerprint density at radius 3 is 2.87 bits per heavy atom. The van der Waals surface area contributed by atoms with Crippen LogP contribution in [0, 0.1) is 0 Å². The first-order chi connectivity index (χ1) is 14.4. The molecule has 0 saturated carbocycles. The van der Waals surface area contributed by atoms with Crippen LogP contribution in [0.2, 0.25) is 0 Å². The molecule has 10 nitrogen and oxygen atoms in total. The summed E-state index contributed by atoms with van der Waals surface area (Å²) in [4.78, 5) is 4.18. The fourth-order valence-corrected chi connectivity index (χ4v) is 4.11. The highest BCUT2D eigenvalue weighted by atomic mass is 32.2. The average molecular weight is 428 g/mol. The maximum Gasteiger partial charge on any atom is 0.265 e. The Hall–Kier alpha value is -3.28. The van der Waals surface area contributed by atoms with Gasteiger partial charge in [-0.1, -0.05) is 12.1 Å². The van der Waals surface area contributed by atoms with Crippen molar-refractivity contribution in [2.75, 3.05) is 18.4 Å². The number of benzene rings is 1. The van der Waals surface area contributed by atoms with E-state index in [9.17, 15) is 13.5 Å². The molecule has 2 N–H and O–H groups in total. The standard InChI is InChI=1S/C19H20N6O4S/c1-24-19-14(9-21-24)4-3-5-16(19)23-30(27,28)15-10-22-25(11-15)18-8-13(6-7-20-18)17(26)12-29-2/h3-11,17,23,26H,12H2,1-2H3/t17-/m0/s1. The first kappa shape index (κ1) is 20.0. The maximum atomic E-state index is 12.9. The number of rotatable bonds is 7. The molecule has 11 heteroatoms. The molecule has 0 amide bonds. The molecule has 0 bridgehead atoms. The van der Waals surface area contributed by atoms with Crippen LogP contribution in [0.15, 0.2) is 60.0 Å². The van der Waals surface area contributed by atoms with Crippen LogP contribution in [-0.4, -0.2) is 51.8 Å². The van der Waals surface area contributed by atoms with Gasteiger partial charge in [0.1, 0.15) is 11.0 Å². The third kappa shape index (κ3) is 3.77. The molecule has 0 aliphatic heterocycles. The van der Waals surface area contributed by atoms with Crippen LogP contribution >= 0.6 is 0 Å². The molecule has 0 unspecified atom stereocenters. The largest absolute Gasteiger partial charge is 0.386 e. The molecule has 4 rings (SSSR count). The number of ether oxygens (including phenoxy) is 1. The Morgan fingerprint density at radius 1 is 1.23 bits per heavy atom. The van der Waals surface area contributed by atoms with Crippen molar-refractivity contribution in [1.82, 2.24) is 24.5 Å². The molecular weight excluding hydrogens is 408 g/mol. The lowest BCUT2D eigenvalue weighted by molar-refractivity contribution is 0.0643. The zero-order valence-corrected chi connectivity index (χ0v) is 17.1. The third-order valence-corrected chi connectivity index (χ3v) is 5.91. The van der Waals surface area contributed by atoms with Crippen molar-refractivity contribution < 1.29 is 18.3 Å². The molecule has 156 valence electrons. The molecule has 0 radical (unpaired) electrons. The van der Waals surface area contributed by atoms with Gasteiger partial charge in [-0.3, -0.25) is 9.40 Å². The highest BCUT2D eigenvalue weighted by Crippen LogP contribution is 2.25. The number of anilines is 1. The first-order valence-corrected chi connectivity index (χ1v) is 10.5. The minimum Gasteiger partial charge on any atom is -0.386 e. The summed E-state index contributed by atoms with van der Waals surface area (Å²) in [7, 11) is -0.653. The van der Waals surface area contributed by atoms with Gasteiger partial charge in [-0.15, -0.1) is 0 Å². The van der Waals surface area contributed by atoms with E-state index in [1.807, 2.05) is 6.07 Å². The predicted molar refractivity (Wildman–Crippen MR) is 110 cm³/mol. The number of aromatic nitrogens is 5. The normalized spacial score (nSPS) is 12.9. The van der Waals surface area contributed by atoms with E-state index in [2.05, 4.69) is 19.9 Å². The summed E-state index contributed by atoms with van der Waals surface area (Å²) in [5.41, 5.74) is 1.68. The molecule has 0 spiro atoms. The first-order valence-electron chi connectivity index (χ1n) is 9.00. The summed E-state index contributed by atoms with van der Waals surface area (Å²) in [6, 6.07) is 8.57. The van der Waals surface area contributed by atoms with E-state index >= 15 is 0 Å². The van der Waals surface area contributed by atoms with Crippen LogP contribution < -0.4 is 4.72 Å². The van der Waals surface area contributed by atoms with Crippen LogP contribution in [-0.2, 0) is 21.8 Å². The molecule has 0 aliphatic rings. The van der Waals surface area contributed by atoms with Gasteiger partial charge < -0.3 is 9.84 Å². The van der Waals surface area contributed by atoms with Crippen LogP contribution in [0.3, 0.4) is 0 Å². The molecule has 3 aromatic heterocycles. The second-order valence-corrected chi connectivity index (χ2v) is 8.34. The Bertz CT molecular complexity index is 1300. The van der Waals surface area contributed by atoms with E-state index in [0.29, 0.717) is 22.6 Å². The molecule has 0 fully saturated rings. The average Bonchev–Trinajstić information content (AvgIpc) is 3.37. The Balaban J connectivity index is 1.63. The zero-order chi connectivity index (χ0) is 21.3. The Kier molecular flexibility index (Phi) is 5.24. The van der Waals surface area contributed by atoms with Crippen LogP contribution in [0.5, 0.6) is 0 Å². The quantitative estimate of drug-likeness (QED) is 0.458. The smallest absolute Gasteiger partial charge is 0.265 e. The summed E-state index contributed by atoms with van der Waals surface area (Å²) >= 11 is 0. The molecule has 3 heterocycles. The van der Waals surface area contributed by atoms with Gasteiger partial charge in [0.2, 0.25) is 0 Å². The lowest BCUT2D eigenvalue weighted by Gasteiger charge is -2.10. The number of sulfonamides is 1. The van der Waals surface area contributed by atoms with Crippen molar-refractivity contribution in [2.24, 2.45) is 7.05 Å². The van der Waals surface area contributed by atoms with E-state index in [0.717, 1.165) is 5.39 Å². The van der Waals surface area contributed by atoms with Gasteiger partial charge >= 0.3 is 0 Å². The van der Waals surface area contributed by atoms with Crippen molar-refractivity contribution in [3.8, 4) is 5.82 Å². The number of methoxy groups -OCH3 is 1. The van der Waals surface area contributed by atoms with Crippen LogP contribution in [0.1, 0.15) is 11.7 Å². The molecule has 30 heavy (non-hydrogen) atoms. The number of fused-ring (bicyclic) bond motifs is 1. The summed E-state index contributed by atoms with van der Waals surface area (Å²) in [5, 5.41) is 19.2. The second kappa shape index (κ2) is 7.86. The van der Waals surface area contributed by atoms with E-state index in [1.165, 1.54) is 30.4 Å². The number of nitrogens with zero attached hydrogens (tertiary/aromatic N) is 5. The number of aryl methyl sites for hydroxylation is 1. The number of pyridine rings is 1. The van der Waals surface area contributed by atoms with Crippen molar-refractivity contribution in [3.63, 3.8) is 0 Å². The second-order valence-electron chi connectivity index (χ2n) is 6.66. The summed E-state index contributed by atoms with van der Waals surface area (Å²) < 4.78 is 36.3. The number of hydrogen-bond acceptors (Lipinski definition) is 7. The fraction of sp³-hybridized carbons (Fsp3) is 0.211.